The zero-order valence-corrected chi connectivity index (χ0v) is 12.7. The summed E-state index contributed by atoms with van der Waals surface area (Å²) in [6, 6.07) is 0. The molecule has 2 fully saturated rings. The molecule has 3 heteroatoms. The molecule has 0 aromatic carbocycles. The van der Waals surface area contributed by atoms with Crippen LogP contribution in [-0.2, 0) is 0 Å². The number of aliphatic hydroxyl groups excluding tert-OH is 1. The molecule has 3 nitrogen and oxygen atoms in total. The van der Waals surface area contributed by atoms with E-state index in [9.17, 15) is 5.11 Å². The van der Waals surface area contributed by atoms with Gasteiger partial charge in [-0.3, -0.25) is 0 Å². The zero-order chi connectivity index (χ0) is 13.6. The second-order valence-electron chi connectivity index (χ2n) is 6.48. The Kier molecular flexibility index (Phi) is 6.11. The molecule has 2 unspecified atom stereocenters. The van der Waals surface area contributed by atoms with Crippen molar-refractivity contribution in [2.24, 2.45) is 5.92 Å². The van der Waals surface area contributed by atoms with Crippen LogP contribution < -0.4 is 5.32 Å². The number of rotatable bonds is 6. The minimum Gasteiger partial charge on any atom is -0.394 e. The van der Waals surface area contributed by atoms with E-state index < -0.39 is 0 Å². The molecule has 1 saturated carbocycles. The summed E-state index contributed by atoms with van der Waals surface area (Å²) in [4.78, 5) is 2.65. The molecule has 0 radical (unpaired) electrons. The lowest BCUT2D eigenvalue weighted by molar-refractivity contribution is 0.113. The van der Waals surface area contributed by atoms with E-state index in [1.807, 2.05) is 0 Å². The normalized spacial score (nSPS) is 33.5. The van der Waals surface area contributed by atoms with Gasteiger partial charge in [0.1, 0.15) is 0 Å². The van der Waals surface area contributed by atoms with Crippen molar-refractivity contribution in [3.63, 3.8) is 0 Å². The van der Waals surface area contributed by atoms with E-state index in [0.29, 0.717) is 12.5 Å². The Labute approximate surface area is 118 Å². The number of hydrogen-bond acceptors (Lipinski definition) is 3. The van der Waals surface area contributed by atoms with E-state index in [2.05, 4.69) is 17.1 Å². The van der Waals surface area contributed by atoms with Crippen LogP contribution in [0.5, 0.6) is 0 Å². The predicted octanol–water partition coefficient (Wildman–Crippen LogP) is 2.39. The van der Waals surface area contributed by atoms with Crippen molar-refractivity contribution in [1.82, 2.24) is 10.2 Å². The monoisotopic (exact) mass is 268 g/mol. The highest BCUT2D eigenvalue weighted by molar-refractivity contribution is 4.98. The summed E-state index contributed by atoms with van der Waals surface area (Å²) < 4.78 is 0. The van der Waals surface area contributed by atoms with E-state index in [0.717, 1.165) is 13.0 Å². The van der Waals surface area contributed by atoms with Crippen LogP contribution in [0.2, 0.25) is 0 Å². The van der Waals surface area contributed by atoms with Gasteiger partial charge in [-0.25, -0.2) is 0 Å². The lowest BCUT2D eigenvalue weighted by Crippen LogP contribution is -2.52. The lowest BCUT2D eigenvalue weighted by Gasteiger charge is -2.36. The Hall–Kier alpha value is -0.120. The van der Waals surface area contributed by atoms with Crippen molar-refractivity contribution in [3.05, 3.63) is 0 Å². The Balaban J connectivity index is 1.83. The number of aliphatic hydroxyl groups is 1. The summed E-state index contributed by atoms with van der Waals surface area (Å²) in [5.74, 6) is 0.667. The SMILES string of the molecule is CCNC1(CO)CCCC1CCN1CCCCCC1. The van der Waals surface area contributed by atoms with Gasteiger partial charge in [0, 0.05) is 5.54 Å². The average molecular weight is 268 g/mol. The van der Waals surface area contributed by atoms with Gasteiger partial charge in [0.05, 0.1) is 6.61 Å². The lowest BCUT2D eigenvalue weighted by atomic mass is 9.85. The fourth-order valence-electron chi connectivity index (χ4n) is 4.11. The topological polar surface area (TPSA) is 35.5 Å². The van der Waals surface area contributed by atoms with Gasteiger partial charge in [0.25, 0.3) is 0 Å². The van der Waals surface area contributed by atoms with Crippen molar-refractivity contribution in [2.45, 2.75) is 63.8 Å². The summed E-state index contributed by atoms with van der Waals surface area (Å²) in [6.45, 7) is 7.26. The maximum Gasteiger partial charge on any atom is 0.0616 e. The Bertz CT molecular complexity index is 251. The van der Waals surface area contributed by atoms with Gasteiger partial charge in [-0.2, -0.15) is 0 Å². The largest absolute Gasteiger partial charge is 0.394 e. The summed E-state index contributed by atoms with van der Waals surface area (Å²) in [7, 11) is 0. The van der Waals surface area contributed by atoms with Crippen molar-refractivity contribution in [3.8, 4) is 0 Å². The van der Waals surface area contributed by atoms with Gasteiger partial charge in [0.15, 0.2) is 0 Å². The van der Waals surface area contributed by atoms with Gasteiger partial charge in [-0.15, -0.1) is 0 Å². The molecule has 1 heterocycles. The Morgan fingerprint density at radius 1 is 1.16 bits per heavy atom. The van der Waals surface area contributed by atoms with Gasteiger partial charge < -0.3 is 15.3 Å². The van der Waals surface area contributed by atoms with Crippen LogP contribution >= 0.6 is 0 Å². The molecule has 0 aromatic rings. The van der Waals surface area contributed by atoms with E-state index in [1.165, 1.54) is 64.6 Å². The molecule has 2 N–H and O–H groups in total. The predicted molar refractivity (Wildman–Crippen MR) is 80.4 cm³/mol. The first-order valence-electron chi connectivity index (χ1n) is 8.39. The van der Waals surface area contributed by atoms with Gasteiger partial charge in [0.2, 0.25) is 0 Å². The van der Waals surface area contributed by atoms with Crippen LogP contribution in [0.1, 0.15) is 58.3 Å². The Morgan fingerprint density at radius 3 is 2.53 bits per heavy atom. The van der Waals surface area contributed by atoms with Crippen LogP contribution in [0.15, 0.2) is 0 Å². The maximum atomic E-state index is 9.82. The molecule has 19 heavy (non-hydrogen) atoms. The molecule has 112 valence electrons. The summed E-state index contributed by atoms with van der Waals surface area (Å²) in [5.41, 5.74) is 0.0284. The highest BCUT2D eigenvalue weighted by Gasteiger charge is 2.41. The number of likely N-dealkylation sites (tertiary alicyclic amines) is 1. The smallest absolute Gasteiger partial charge is 0.0616 e. The molecular weight excluding hydrogens is 236 g/mol. The molecule has 0 aromatic heterocycles. The number of nitrogens with zero attached hydrogens (tertiary/aromatic N) is 1. The first kappa shape index (κ1) is 15.3. The zero-order valence-electron chi connectivity index (χ0n) is 12.7. The summed E-state index contributed by atoms with van der Waals surface area (Å²) >= 11 is 0. The van der Waals surface area contributed by atoms with E-state index >= 15 is 0 Å². The van der Waals surface area contributed by atoms with Crippen molar-refractivity contribution >= 4 is 0 Å². The van der Waals surface area contributed by atoms with Crippen molar-refractivity contribution < 1.29 is 5.11 Å². The van der Waals surface area contributed by atoms with E-state index in [1.54, 1.807) is 0 Å². The molecule has 2 atom stereocenters. The minimum atomic E-state index is 0.0284. The molecule has 1 saturated heterocycles. The first-order valence-corrected chi connectivity index (χ1v) is 8.39. The summed E-state index contributed by atoms with van der Waals surface area (Å²) in [6.07, 6.45) is 10.6. The van der Waals surface area contributed by atoms with E-state index in [-0.39, 0.29) is 5.54 Å². The molecular formula is C16H32N2O. The van der Waals surface area contributed by atoms with Crippen LogP contribution in [0.3, 0.4) is 0 Å². The third kappa shape index (κ3) is 3.93. The molecule has 2 aliphatic rings. The van der Waals surface area contributed by atoms with Crippen LogP contribution in [-0.4, -0.2) is 48.3 Å². The van der Waals surface area contributed by atoms with Gasteiger partial charge in [-0.1, -0.05) is 26.2 Å². The maximum absolute atomic E-state index is 9.82. The highest BCUT2D eigenvalue weighted by Crippen LogP contribution is 2.37. The fraction of sp³-hybridized carbons (Fsp3) is 1.00. The molecule has 1 aliphatic carbocycles. The molecule has 2 rings (SSSR count). The number of nitrogens with one attached hydrogen (secondary N) is 1. The second-order valence-corrected chi connectivity index (χ2v) is 6.48. The van der Waals surface area contributed by atoms with Crippen LogP contribution in [0, 0.1) is 5.92 Å². The molecule has 0 amide bonds. The van der Waals surface area contributed by atoms with Crippen molar-refractivity contribution in [2.75, 3.05) is 32.8 Å². The number of hydrogen-bond donors (Lipinski definition) is 2. The first-order chi connectivity index (χ1) is 9.30. The molecule has 0 spiro atoms. The van der Waals surface area contributed by atoms with Crippen LogP contribution in [0.4, 0.5) is 0 Å². The standard InChI is InChI=1S/C16H32N2O/c1-2-17-16(14-19)10-7-8-15(16)9-13-18-11-5-3-4-6-12-18/h15,17,19H,2-14H2,1H3. The summed E-state index contributed by atoms with van der Waals surface area (Å²) in [5, 5.41) is 13.4. The Morgan fingerprint density at radius 2 is 1.89 bits per heavy atom. The minimum absolute atomic E-state index is 0.0284. The second kappa shape index (κ2) is 7.61. The third-order valence-electron chi connectivity index (χ3n) is 5.26. The van der Waals surface area contributed by atoms with Crippen molar-refractivity contribution in [1.29, 1.82) is 0 Å². The van der Waals surface area contributed by atoms with Gasteiger partial charge in [-0.05, 0) is 64.2 Å². The number of likely N-dealkylation sites (N-methyl/N-ethyl adjacent to an activating group) is 1. The average Bonchev–Trinajstić information content (AvgIpc) is 2.65. The van der Waals surface area contributed by atoms with E-state index in [4.69, 9.17) is 0 Å². The third-order valence-corrected chi connectivity index (χ3v) is 5.26. The molecule has 0 bridgehead atoms. The van der Waals surface area contributed by atoms with Crippen LogP contribution in [0.25, 0.3) is 0 Å². The highest BCUT2D eigenvalue weighted by atomic mass is 16.3. The molecule has 1 aliphatic heterocycles. The quantitative estimate of drug-likeness (QED) is 0.776. The fourth-order valence-corrected chi connectivity index (χ4v) is 4.11. The van der Waals surface area contributed by atoms with Gasteiger partial charge >= 0.3 is 0 Å².